The first-order valence-electron chi connectivity index (χ1n) is 8.30. The van der Waals surface area contributed by atoms with Gasteiger partial charge >= 0.3 is 0 Å². The average Bonchev–Trinajstić information content (AvgIpc) is 3.05. The second-order valence-corrected chi connectivity index (χ2v) is 6.33. The van der Waals surface area contributed by atoms with Gasteiger partial charge in [0.25, 0.3) is 0 Å². The molecule has 3 rings (SSSR count). The molecule has 0 spiro atoms. The van der Waals surface area contributed by atoms with E-state index in [1.807, 2.05) is 37.4 Å². The van der Waals surface area contributed by atoms with E-state index in [1.54, 1.807) is 0 Å². The maximum Gasteiger partial charge on any atom is 0.120 e. The summed E-state index contributed by atoms with van der Waals surface area (Å²) in [5.41, 5.74) is 0. The van der Waals surface area contributed by atoms with E-state index >= 15 is 0 Å². The smallest absolute Gasteiger partial charge is 0.120 e. The zero-order chi connectivity index (χ0) is 16.1. The number of likely N-dealkylation sites (N-methyl/N-ethyl adjacent to an activating group) is 1. The monoisotopic (exact) mass is 315 g/mol. The molecule has 1 saturated heterocycles. The van der Waals surface area contributed by atoms with Crippen molar-refractivity contribution in [2.24, 2.45) is 0 Å². The Morgan fingerprint density at radius 1 is 1.26 bits per heavy atom. The van der Waals surface area contributed by atoms with Crippen molar-refractivity contribution in [2.45, 2.75) is 25.0 Å². The van der Waals surface area contributed by atoms with Gasteiger partial charge in [0.05, 0.1) is 6.10 Å². The van der Waals surface area contributed by atoms with Gasteiger partial charge in [0, 0.05) is 19.7 Å². The molecule has 4 heteroatoms. The van der Waals surface area contributed by atoms with Crippen LogP contribution < -0.4 is 4.74 Å². The van der Waals surface area contributed by atoms with E-state index in [9.17, 15) is 5.11 Å². The fraction of sp³-hybridized carbons (Fsp3) is 0.474. The Hall–Kier alpha value is -1.62. The molecule has 2 atom stereocenters. The highest BCUT2D eigenvalue weighted by Gasteiger charge is 2.18. The maximum absolute atomic E-state index is 10.2. The minimum Gasteiger partial charge on any atom is -0.491 e. The number of fused-ring (bicyclic) bond motifs is 1. The summed E-state index contributed by atoms with van der Waals surface area (Å²) in [6.45, 7) is 2.63. The summed E-state index contributed by atoms with van der Waals surface area (Å²) >= 11 is 0. The fourth-order valence-electron chi connectivity index (χ4n) is 3.07. The van der Waals surface area contributed by atoms with Gasteiger partial charge in [-0.2, -0.15) is 0 Å². The third-order valence-electron chi connectivity index (χ3n) is 4.23. The van der Waals surface area contributed by atoms with Crippen molar-refractivity contribution in [1.29, 1.82) is 0 Å². The highest BCUT2D eigenvalue weighted by atomic mass is 16.5. The van der Waals surface area contributed by atoms with Gasteiger partial charge in [0.2, 0.25) is 0 Å². The number of hydrogen-bond donors (Lipinski definition) is 1. The number of hydrogen-bond acceptors (Lipinski definition) is 4. The van der Waals surface area contributed by atoms with Crippen LogP contribution in [-0.4, -0.2) is 55.6 Å². The van der Waals surface area contributed by atoms with Gasteiger partial charge in [-0.25, -0.2) is 0 Å². The van der Waals surface area contributed by atoms with Crippen LogP contribution in [0.25, 0.3) is 10.8 Å². The molecule has 1 fully saturated rings. The first-order chi connectivity index (χ1) is 11.2. The van der Waals surface area contributed by atoms with Crippen LogP contribution in [0.5, 0.6) is 5.75 Å². The van der Waals surface area contributed by atoms with E-state index < -0.39 is 6.10 Å². The largest absolute Gasteiger partial charge is 0.491 e. The van der Waals surface area contributed by atoms with Gasteiger partial charge in [-0.15, -0.1) is 0 Å². The van der Waals surface area contributed by atoms with Crippen LogP contribution in [0, 0.1) is 0 Å². The minimum atomic E-state index is -0.507. The molecule has 0 radical (unpaired) electrons. The number of nitrogens with zero attached hydrogens (tertiary/aromatic N) is 1. The molecule has 1 aliphatic rings. The summed E-state index contributed by atoms with van der Waals surface area (Å²) in [5, 5.41) is 12.5. The minimum absolute atomic E-state index is 0.300. The summed E-state index contributed by atoms with van der Waals surface area (Å²) in [6.07, 6.45) is 2.07. The Kier molecular flexibility index (Phi) is 5.49. The third-order valence-corrected chi connectivity index (χ3v) is 4.23. The topological polar surface area (TPSA) is 41.9 Å². The van der Waals surface area contributed by atoms with Crippen molar-refractivity contribution < 1.29 is 14.6 Å². The lowest BCUT2D eigenvalue weighted by atomic mass is 10.1. The van der Waals surface area contributed by atoms with Crippen LogP contribution in [0.3, 0.4) is 0 Å². The van der Waals surface area contributed by atoms with E-state index in [4.69, 9.17) is 9.47 Å². The molecule has 124 valence electrons. The molecule has 2 aromatic rings. The predicted octanol–water partition coefficient (Wildman–Crippen LogP) is 2.69. The summed E-state index contributed by atoms with van der Waals surface area (Å²) in [6, 6.07) is 14.2. The Balaban J connectivity index is 1.46. The Morgan fingerprint density at radius 2 is 2.09 bits per heavy atom. The van der Waals surface area contributed by atoms with Crippen LogP contribution in [-0.2, 0) is 4.74 Å². The number of ether oxygens (including phenoxy) is 2. The molecule has 4 nitrogen and oxygen atoms in total. The number of benzene rings is 2. The van der Waals surface area contributed by atoms with Crippen LogP contribution in [0.2, 0.25) is 0 Å². The van der Waals surface area contributed by atoms with Gasteiger partial charge < -0.3 is 19.5 Å². The van der Waals surface area contributed by atoms with Gasteiger partial charge in [-0.1, -0.05) is 30.3 Å². The van der Waals surface area contributed by atoms with Crippen molar-refractivity contribution in [3.63, 3.8) is 0 Å². The van der Waals surface area contributed by atoms with Crippen LogP contribution >= 0.6 is 0 Å². The second kappa shape index (κ2) is 7.77. The van der Waals surface area contributed by atoms with Crippen LogP contribution in [0.4, 0.5) is 0 Å². The summed E-state index contributed by atoms with van der Waals surface area (Å²) in [7, 11) is 2.01. The molecule has 1 aliphatic heterocycles. The lowest BCUT2D eigenvalue weighted by Gasteiger charge is -2.23. The molecular formula is C19H25NO3. The first kappa shape index (κ1) is 16.2. The Bertz CT molecular complexity index is 625. The molecule has 23 heavy (non-hydrogen) atoms. The van der Waals surface area contributed by atoms with E-state index in [1.165, 1.54) is 5.39 Å². The molecule has 0 bridgehead atoms. The molecule has 2 unspecified atom stereocenters. The number of rotatable bonds is 7. The van der Waals surface area contributed by atoms with Crippen molar-refractivity contribution in [3.05, 3.63) is 42.5 Å². The summed E-state index contributed by atoms with van der Waals surface area (Å²) < 4.78 is 11.4. The predicted molar refractivity (Wildman–Crippen MR) is 91.9 cm³/mol. The number of aliphatic hydroxyl groups is 1. The van der Waals surface area contributed by atoms with Gasteiger partial charge in [0.1, 0.15) is 18.5 Å². The van der Waals surface area contributed by atoms with E-state index in [0.29, 0.717) is 19.3 Å². The molecule has 0 saturated carbocycles. The first-order valence-corrected chi connectivity index (χ1v) is 8.30. The van der Waals surface area contributed by atoms with Gasteiger partial charge in [0.15, 0.2) is 0 Å². The Labute approximate surface area is 137 Å². The third kappa shape index (κ3) is 4.67. The standard InChI is InChI=1S/C19H25NO3/c1-20(13-19-7-4-10-22-19)12-17(21)14-23-18-9-8-15-5-2-3-6-16(15)11-18/h2-3,5-6,8-9,11,17,19,21H,4,7,10,12-14H2,1H3. The molecule has 0 amide bonds. The average molecular weight is 315 g/mol. The van der Waals surface area contributed by atoms with E-state index in [0.717, 1.165) is 37.1 Å². The lowest BCUT2D eigenvalue weighted by molar-refractivity contribution is 0.0444. The lowest BCUT2D eigenvalue weighted by Crippen LogP contribution is -2.37. The second-order valence-electron chi connectivity index (χ2n) is 6.33. The van der Waals surface area contributed by atoms with Gasteiger partial charge in [-0.05, 0) is 42.8 Å². The summed E-state index contributed by atoms with van der Waals surface area (Å²) in [5.74, 6) is 0.796. The molecule has 1 N–H and O–H groups in total. The van der Waals surface area contributed by atoms with Crippen molar-refractivity contribution >= 4 is 10.8 Å². The highest BCUT2D eigenvalue weighted by Crippen LogP contribution is 2.20. The zero-order valence-electron chi connectivity index (χ0n) is 13.6. The van der Waals surface area contributed by atoms with E-state index in [2.05, 4.69) is 17.0 Å². The summed E-state index contributed by atoms with van der Waals surface area (Å²) in [4.78, 5) is 2.12. The van der Waals surface area contributed by atoms with E-state index in [-0.39, 0.29) is 0 Å². The number of aliphatic hydroxyl groups excluding tert-OH is 1. The SMILES string of the molecule is CN(CC(O)COc1ccc2ccccc2c1)CC1CCCO1. The highest BCUT2D eigenvalue weighted by molar-refractivity contribution is 5.83. The Morgan fingerprint density at radius 3 is 2.87 bits per heavy atom. The van der Waals surface area contributed by atoms with Crippen molar-refractivity contribution in [2.75, 3.05) is 33.4 Å². The van der Waals surface area contributed by atoms with Crippen LogP contribution in [0.1, 0.15) is 12.8 Å². The molecule has 0 aliphatic carbocycles. The van der Waals surface area contributed by atoms with Gasteiger partial charge in [-0.3, -0.25) is 0 Å². The molecular weight excluding hydrogens is 290 g/mol. The van der Waals surface area contributed by atoms with Crippen LogP contribution in [0.15, 0.2) is 42.5 Å². The van der Waals surface area contributed by atoms with Crippen molar-refractivity contribution in [3.8, 4) is 5.75 Å². The molecule has 1 heterocycles. The zero-order valence-corrected chi connectivity index (χ0v) is 13.6. The van der Waals surface area contributed by atoms with Crippen molar-refractivity contribution in [1.82, 2.24) is 4.90 Å². The maximum atomic E-state index is 10.2. The fourth-order valence-corrected chi connectivity index (χ4v) is 3.07. The molecule has 0 aromatic heterocycles. The quantitative estimate of drug-likeness (QED) is 0.853. The normalized spacial score (nSPS) is 19.3. The molecule has 2 aromatic carbocycles.